The molecule has 0 spiro atoms. The Morgan fingerprint density at radius 1 is 0.964 bits per heavy atom. The van der Waals surface area contributed by atoms with Crippen LogP contribution in [0.3, 0.4) is 0 Å². The normalized spacial score (nSPS) is 11.8. The van der Waals surface area contributed by atoms with Crippen molar-refractivity contribution in [3.05, 3.63) is 106 Å². The number of rotatable bonds is 7. The summed E-state index contributed by atoms with van der Waals surface area (Å²) in [5.41, 5.74) is 2.17. The largest absolute Gasteiger partial charge is 0.351 e. The predicted molar refractivity (Wildman–Crippen MR) is 111 cm³/mol. The van der Waals surface area contributed by atoms with E-state index in [2.05, 4.69) is 17.4 Å². The molecule has 0 aliphatic rings. The average Bonchev–Trinajstić information content (AvgIpc) is 2.72. The molecule has 3 rings (SSSR count). The second-order valence-electron chi connectivity index (χ2n) is 6.15. The molecule has 0 heterocycles. The van der Waals surface area contributed by atoms with Gasteiger partial charge >= 0.3 is 0 Å². The Morgan fingerprint density at radius 3 is 2.25 bits per heavy atom. The van der Waals surface area contributed by atoms with Crippen LogP contribution in [-0.2, 0) is 5.75 Å². The Kier molecular flexibility index (Phi) is 7.06. The van der Waals surface area contributed by atoms with Gasteiger partial charge in [0.2, 0.25) is 0 Å². The van der Waals surface area contributed by atoms with Gasteiger partial charge in [-0.25, -0.2) is 8.78 Å². The summed E-state index contributed by atoms with van der Waals surface area (Å²) in [6.45, 7) is 0.329. The molecule has 3 aromatic rings. The highest BCUT2D eigenvalue weighted by atomic mass is 35.5. The molecule has 144 valence electrons. The SMILES string of the molecule is O=C(NC[C@H](SCc1ccccc1)c1ccccc1)c1cc(F)c(F)cc1Cl. The van der Waals surface area contributed by atoms with Crippen molar-refractivity contribution in [3.63, 3.8) is 0 Å². The third-order valence-electron chi connectivity index (χ3n) is 4.17. The van der Waals surface area contributed by atoms with Gasteiger partial charge in [-0.05, 0) is 23.3 Å². The molecule has 0 radical (unpaired) electrons. The summed E-state index contributed by atoms with van der Waals surface area (Å²) >= 11 is 7.59. The van der Waals surface area contributed by atoms with Crippen LogP contribution in [0.25, 0.3) is 0 Å². The van der Waals surface area contributed by atoms with Gasteiger partial charge in [0.25, 0.3) is 5.91 Å². The molecule has 0 saturated carbocycles. The van der Waals surface area contributed by atoms with Gasteiger partial charge in [-0.1, -0.05) is 72.3 Å². The van der Waals surface area contributed by atoms with Crippen molar-refractivity contribution >= 4 is 29.3 Å². The van der Waals surface area contributed by atoms with Crippen LogP contribution in [0, 0.1) is 11.6 Å². The zero-order valence-corrected chi connectivity index (χ0v) is 16.4. The molecule has 1 atom stereocenters. The molecule has 0 unspecified atom stereocenters. The summed E-state index contributed by atoms with van der Waals surface area (Å²) in [5, 5.41) is 2.66. The monoisotopic (exact) mass is 417 g/mol. The maximum atomic E-state index is 13.5. The minimum atomic E-state index is -1.10. The molecule has 0 aromatic heterocycles. The van der Waals surface area contributed by atoms with Gasteiger partial charge in [-0.15, -0.1) is 11.8 Å². The maximum absolute atomic E-state index is 13.5. The minimum Gasteiger partial charge on any atom is -0.351 e. The molecule has 0 aliphatic heterocycles. The number of amides is 1. The van der Waals surface area contributed by atoms with Crippen LogP contribution in [0.2, 0.25) is 5.02 Å². The fourth-order valence-electron chi connectivity index (χ4n) is 2.69. The first kappa shape index (κ1) is 20.4. The number of carbonyl (C=O) groups excluding carboxylic acids is 1. The number of carbonyl (C=O) groups is 1. The first-order chi connectivity index (χ1) is 13.5. The van der Waals surface area contributed by atoms with E-state index in [1.165, 1.54) is 5.56 Å². The van der Waals surface area contributed by atoms with Crippen molar-refractivity contribution in [2.45, 2.75) is 11.0 Å². The van der Waals surface area contributed by atoms with Crippen LogP contribution < -0.4 is 5.32 Å². The second-order valence-corrected chi connectivity index (χ2v) is 7.75. The molecule has 6 heteroatoms. The molecular weight excluding hydrogens is 400 g/mol. The van der Waals surface area contributed by atoms with E-state index in [9.17, 15) is 13.6 Å². The van der Waals surface area contributed by atoms with E-state index in [1.54, 1.807) is 11.8 Å². The molecule has 1 N–H and O–H groups in total. The third-order valence-corrected chi connectivity index (χ3v) is 5.82. The van der Waals surface area contributed by atoms with Crippen molar-refractivity contribution in [2.24, 2.45) is 0 Å². The number of hydrogen-bond donors (Lipinski definition) is 1. The van der Waals surface area contributed by atoms with Gasteiger partial charge < -0.3 is 5.32 Å². The standard InChI is InChI=1S/C22H18ClF2NOS/c23-18-12-20(25)19(24)11-17(18)22(27)26-13-21(16-9-5-2-6-10-16)28-14-15-7-3-1-4-8-15/h1-12,21H,13-14H2,(H,26,27)/t21-/m0/s1. The minimum absolute atomic E-state index is 0.00516. The number of hydrogen-bond acceptors (Lipinski definition) is 2. The van der Waals surface area contributed by atoms with E-state index < -0.39 is 17.5 Å². The Balaban J connectivity index is 1.71. The Bertz CT molecular complexity index is 938. The first-order valence-electron chi connectivity index (χ1n) is 8.68. The number of nitrogens with one attached hydrogen (secondary N) is 1. The molecule has 0 saturated heterocycles. The van der Waals surface area contributed by atoms with Crippen molar-refractivity contribution in [2.75, 3.05) is 6.54 Å². The van der Waals surface area contributed by atoms with Crippen LogP contribution in [0.4, 0.5) is 8.78 Å². The predicted octanol–water partition coefficient (Wildman–Crippen LogP) is 6.02. The number of benzene rings is 3. The lowest BCUT2D eigenvalue weighted by molar-refractivity contribution is 0.0953. The van der Waals surface area contributed by atoms with Crippen molar-refractivity contribution in [3.8, 4) is 0 Å². The molecule has 3 aromatic carbocycles. The van der Waals surface area contributed by atoms with E-state index >= 15 is 0 Å². The van der Waals surface area contributed by atoms with Gasteiger partial charge in [0.1, 0.15) is 0 Å². The van der Waals surface area contributed by atoms with Gasteiger partial charge in [-0.2, -0.15) is 0 Å². The zero-order chi connectivity index (χ0) is 19.9. The van der Waals surface area contributed by atoms with E-state index in [-0.39, 0.29) is 15.8 Å². The van der Waals surface area contributed by atoms with E-state index in [0.29, 0.717) is 6.54 Å². The number of thioether (sulfide) groups is 1. The zero-order valence-electron chi connectivity index (χ0n) is 14.9. The Morgan fingerprint density at radius 2 is 1.57 bits per heavy atom. The third kappa shape index (κ3) is 5.33. The average molecular weight is 418 g/mol. The van der Waals surface area contributed by atoms with Gasteiger partial charge in [0.05, 0.1) is 10.6 Å². The van der Waals surface area contributed by atoms with Crippen molar-refractivity contribution in [1.29, 1.82) is 0 Å². The Labute approximate surface area is 171 Å². The van der Waals surface area contributed by atoms with E-state index in [4.69, 9.17) is 11.6 Å². The molecule has 0 aliphatic carbocycles. The topological polar surface area (TPSA) is 29.1 Å². The summed E-state index contributed by atoms with van der Waals surface area (Å²) in [6.07, 6.45) is 0. The fraction of sp³-hybridized carbons (Fsp3) is 0.136. The first-order valence-corrected chi connectivity index (χ1v) is 10.1. The highest BCUT2D eigenvalue weighted by Gasteiger charge is 2.18. The molecule has 0 bridgehead atoms. The van der Waals surface area contributed by atoms with Crippen LogP contribution in [0.1, 0.15) is 26.7 Å². The molecule has 28 heavy (non-hydrogen) atoms. The number of halogens is 3. The second kappa shape index (κ2) is 9.71. The summed E-state index contributed by atoms with van der Waals surface area (Å²) in [6, 6.07) is 21.5. The van der Waals surface area contributed by atoms with Crippen LogP contribution >= 0.6 is 23.4 Å². The van der Waals surface area contributed by atoms with Crippen molar-refractivity contribution in [1.82, 2.24) is 5.32 Å². The smallest absolute Gasteiger partial charge is 0.252 e. The quantitative estimate of drug-likeness (QED) is 0.476. The van der Waals surface area contributed by atoms with Crippen LogP contribution in [0.15, 0.2) is 72.8 Å². The van der Waals surface area contributed by atoms with Gasteiger partial charge in [0, 0.05) is 17.5 Å². The van der Waals surface area contributed by atoms with Gasteiger partial charge in [0.15, 0.2) is 11.6 Å². The van der Waals surface area contributed by atoms with E-state index in [0.717, 1.165) is 23.4 Å². The Hall–Kier alpha value is -2.37. The molecule has 1 amide bonds. The molecule has 2 nitrogen and oxygen atoms in total. The van der Waals surface area contributed by atoms with Gasteiger partial charge in [-0.3, -0.25) is 4.79 Å². The molecule has 0 fully saturated rings. The summed E-state index contributed by atoms with van der Waals surface area (Å²) in [4.78, 5) is 12.4. The lowest BCUT2D eigenvalue weighted by Gasteiger charge is -2.18. The maximum Gasteiger partial charge on any atom is 0.252 e. The summed E-state index contributed by atoms with van der Waals surface area (Å²) in [7, 11) is 0. The van der Waals surface area contributed by atoms with E-state index in [1.807, 2.05) is 48.5 Å². The lowest BCUT2D eigenvalue weighted by atomic mass is 10.1. The van der Waals surface area contributed by atoms with Crippen LogP contribution in [0.5, 0.6) is 0 Å². The summed E-state index contributed by atoms with van der Waals surface area (Å²) < 4.78 is 26.7. The van der Waals surface area contributed by atoms with Crippen molar-refractivity contribution < 1.29 is 13.6 Å². The fourth-order valence-corrected chi connectivity index (χ4v) is 4.06. The summed E-state index contributed by atoms with van der Waals surface area (Å²) in [5.74, 6) is -1.94. The molecular formula is C22H18ClF2NOS. The highest BCUT2D eigenvalue weighted by Crippen LogP contribution is 2.31. The lowest BCUT2D eigenvalue weighted by Crippen LogP contribution is -2.28. The highest BCUT2D eigenvalue weighted by molar-refractivity contribution is 7.98. The van der Waals surface area contributed by atoms with Crippen LogP contribution in [-0.4, -0.2) is 12.5 Å².